The molecule has 0 saturated carbocycles. The highest BCUT2D eigenvalue weighted by Gasteiger charge is 2.26. The molecule has 0 saturated heterocycles. The normalized spacial score (nSPS) is 12.1. The number of aliphatic carboxylic acids is 1. The number of ether oxygens (including phenoxy) is 1. The third kappa shape index (κ3) is 4.72. The highest BCUT2D eigenvalue weighted by molar-refractivity contribution is 6.31. The number of carboxylic acids is 1. The molecule has 0 unspecified atom stereocenters. The smallest absolute Gasteiger partial charge is 0.341 e. The summed E-state index contributed by atoms with van der Waals surface area (Å²) in [6.45, 7) is 0.213. The van der Waals surface area contributed by atoms with Gasteiger partial charge in [0.05, 0.1) is 12.2 Å². The van der Waals surface area contributed by atoms with Crippen LogP contribution in [0.3, 0.4) is 0 Å². The minimum Gasteiger partial charge on any atom is -0.481 e. The second-order valence-corrected chi connectivity index (χ2v) is 6.57. The molecule has 3 N–H and O–H groups in total. The lowest BCUT2D eigenvalue weighted by Crippen LogP contribution is -2.48. The monoisotopic (exact) mass is 403 g/mol. The van der Waals surface area contributed by atoms with Crippen LogP contribution in [0.15, 0.2) is 42.5 Å². The number of benzene rings is 2. The van der Waals surface area contributed by atoms with Crippen LogP contribution in [0.4, 0.5) is 10.5 Å². The van der Waals surface area contributed by atoms with E-state index in [1.54, 1.807) is 24.3 Å². The number of anilines is 1. The van der Waals surface area contributed by atoms with E-state index >= 15 is 0 Å². The Morgan fingerprint density at radius 3 is 2.64 bits per heavy atom. The predicted octanol–water partition coefficient (Wildman–Crippen LogP) is 3.45. The van der Waals surface area contributed by atoms with Gasteiger partial charge in [-0.05, 0) is 30.7 Å². The maximum atomic E-state index is 12.7. The van der Waals surface area contributed by atoms with Crippen molar-refractivity contribution in [3.63, 3.8) is 0 Å². The summed E-state index contributed by atoms with van der Waals surface area (Å²) in [5.41, 5.74) is 5.90. The molecule has 28 heavy (non-hydrogen) atoms. The van der Waals surface area contributed by atoms with Crippen molar-refractivity contribution in [1.82, 2.24) is 10.9 Å². The van der Waals surface area contributed by atoms with Crippen LogP contribution in [-0.2, 0) is 16.1 Å². The van der Waals surface area contributed by atoms with Crippen LogP contribution in [0.25, 0.3) is 0 Å². The van der Waals surface area contributed by atoms with Crippen LogP contribution >= 0.6 is 11.6 Å². The standard InChI is InChI=1S/C19H18ClN3O5/c20-13-8-9-16-14(10-13)23(11-12-4-1-2-5-15(12)28-16)19(27)22-21-17(24)6-3-7-18(25)26/h1-2,4-5,8-10H,3,6-7,11H2,(H,21,24)(H,22,27)(H,25,26). The van der Waals surface area contributed by atoms with Crippen LogP contribution in [0.1, 0.15) is 24.8 Å². The van der Waals surface area contributed by atoms with Crippen molar-refractivity contribution in [2.24, 2.45) is 0 Å². The Morgan fingerprint density at radius 2 is 1.86 bits per heavy atom. The summed E-state index contributed by atoms with van der Waals surface area (Å²) in [5.74, 6) is -0.377. The fourth-order valence-corrected chi connectivity index (χ4v) is 2.90. The molecule has 8 nitrogen and oxygen atoms in total. The molecule has 1 heterocycles. The van der Waals surface area contributed by atoms with Gasteiger partial charge < -0.3 is 9.84 Å². The predicted molar refractivity (Wildman–Crippen MR) is 102 cm³/mol. The van der Waals surface area contributed by atoms with Crippen molar-refractivity contribution >= 4 is 35.2 Å². The summed E-state index contributed by atoms with van der Waals surface area (Å²) < 4.78 is 5.92. The van der Waals surface area contributed by atoms with Gasteiger partial charge in [0.25, 0.3) is 0 Å². The molecule has 0 radical (unpaired) electrons. The Balaban J connectivity index is 1.74. The molecule has 2 aromatic rings. The summed E-state index contributed by atoms with van der Waals surface area (Å²) in [5, 5.41) is 9.04. The molecule has 0 atom stereocenters. The van der Waals surface area contributed by atoms with E-state index < -0.39 is 17.9 Å². The van der Waals surface area contributed by atoms with Crippen molar-refractivity contribution in [3.8, 4) is 11.5 Å². The van der Waals surface area contributed by atoms with Crippen molar-refractivity contribution in [3.05, 3.63) is 53.1 Å². The third-order valence-electron chi connectivity index (χ3n) is 4.08. The average Bonchev–Trinajstić information content (AvgIpc) is 2.82. The Bertz CT molecular complexity index is 918. The van der Waals surface area contributed by atoms with Gasteiger partial charge in [-0.3, -0.25) is 19.9 Å². The number of nitrogens with zero attached hydrogens (tertiary/aromatic N) is 1. The number of hydrazine groups is 1. The number of para-hydroxylation sites is 1. The zero-order chi connectivity index (χ0) is 20.1. The van der Waals surface area contributed by atoms with Crippen molar-refractivity contribution in [1.29, 1.82) is 0 Å². The molecular weight excluding hydrogens is 386 g/mol. The number of hydrogen-bond donors (Lipinski definition) is 3. The lowest BCUT2D eigenvalue weighted by molar-refractivity contribution is -0.137. The molecule has 3 amide bonds. The molecule has 0 fully saturated rings. The highest BCUT2D eigenvalue weighted by Crippen LogP contribution is 2.40. The number of nitrogens with one attached hydrogen (secondary N) is 2. The number of urea groups is 1. The van der Waals surface area contributed by atoms with E-state index in [2.05, 4.69) is 10.9 Å². The first kappa shape index (κ1) is 19.5. The summed E-state index contributed by atoms with van der Waals surface area (Å²) in [6, 6.07) is 11.7. The Labute approximate surface area is 166 Å². The lowest BCUT2D eigenvalue weighted by atomic mass is 10.2. The highest BCUT2D eigenvalue weighted by atomic mass is 35.5. The number of rotatable bonds is 4. The summed E-state index contributed by atoms with van der Waals surface area (Å²) in [7, 11) is 0. The first-order valence-corrected chi connectivity index (χ1v) is 8.95. The van der Waals surface area contributed by atoms with E-state index in [0.29, 0.717) is 22.2 Å². The fraction of sp³-hybridized carbons (Fsp3) is 0.211. The summed E-state index contributed by atoms with van der Waals surface area (Å²) in [4.78, 5) is 36.4. The zero-order valence-corrected chi connectivity index (χ0v) is 15.5. The zero-order valence-electron chi connectivity index (χ0n) is 14.8. The van der Waals surface area contributed by atoms with E-state index in [0.717, 1.165) is 5.56 Å². The van der Waals surface area contributed by atoms with Gasteiger partial charge in [0.15, 0.2) is 5.75 Å². The van der Waals surface area contributed by atoms with Gasteiger partial charge in [-0.1, -0.05) is 29.8 Å². The number of fused-ring (bicyclic) bond motifs is 2. The van der Waals surface area contributed by atoms with Crippen molar-refractivity contribution in [2.45, 2.75) is 25.8 Å². The van der Waals surface area contributed by atoms with E-state index in [1.807, 2.05) is 18.2 Å². The second-order valence-electron chi connectivity index (χ2n) is 6.13. The molecule has 146 valence electrons. The van der Waals surface area contributed by atoms with Crippen LogP contribution in [0, 0.1) is 0 Å². The van der Waals surface area contributed by atoms with E-state index in [1.165, 1.54) is 4.90 Å². The molecule has 2 aromatic carbocycles. The first-order chi connectivity index (χ1) is 13.4. The number of carbonyl (C=O) groups is 3. The summed E-state index contributed by atoms with van der Waals surface area (Å²) >= 11 is 6.09. The van der Waals surface area contributed by atoms with Crippen LogP contribution < -0.4 is 20.5 Å². The quantitative estimate of drug-likeness (QED) is 0.677. The average molecular weight is 404 g/mol. The van der Waals surface area contributed by atoms with E-state index in [-0.39, 0.29) is 25.8 Å². The van der Waals surface area contributed by atoms with Gasteiger partial charge in [0.2, 0.25) is 5.91 Å². The Hall–Kier alpha value is -3.26. The first-order valence-electron chi connectivity index (χ1n) is 8.57. The number of amides is 3. The largest absolute Gasteiger partial charge is 0.481 e. The van der Waals surface area contributed by atoms with Gasteiger partial charge in [0.1, 0.15) is 5.75 Å². The summed E-state index contributed by atoms with van der Waals surface area (Å²) in [6.07, 6.45) is 0.0504. The van der Waals surface area contributed by atoms with Gasteiger partial charge in [0, 0.05) is 23.4 Å². The van der Waals surface area contributed by atoms with Gasteiger partial charge in [-0.2, -0.15) is 0 Å². The van der Waals surface area contributed by atoms with Crippen molar-refractivity contribution in [2.75, 3.05) is 4.90 Å². The molecule has 0 aromatic heterocycles. The topological polar surface area (TPSA) is 108 Å². The van der Waals surface area contributed by atoms with E-state index in [9.17, 15) is 14.4 Å². The molecular formula is C19H18ClN3O5. The maximum absolute atomic E-state index is 12.7. The molecule has 0 spiro atoms. The van der Waals surface area contributed by atoms with Crippen molar-refractivity contribution < 1.29 is 24.2 Å². The Kier molecular flexibility index (Phi) is 6.00. The third-order valence-corrected chi connectivity index (χ3v) is 4.32. The molecule has 0 bridgehead atoms. The van der Waals surface area contributed by atoms with Gasteiger partial charge in [-0.25, -0.2) is 10.2 Å². The van der Waals surface area contributed by atoms with Crippen LogP contribution in [-0.4, -0.2) is 23.0 Å². The number of carbonyl (C=O) groups excluding carboxylic acids is 2. The van der Waals surface area contributed by atoms with Gasteiger partial charge >= 0.3 is 12.0 Å². The molecule has 9 heteroatoms. The minimum atomic E-state index is -0.978. The molecule has 0 aliphatic carbocycles. The number of carboxylic acid groups (broad SMARTS) is 1. The maximum Gasteiger partial charge on any atom is 0.341 e. The number of halogens is 1. The minimum absolute atomic E-state index is 0.0130. The van der Waals surface area contributed by atoms with Gasteiger partial charge in [-0.15, -0.1) is 0 Å². The lowest BCUT2D eigenvalue weighted by Gasteiger charge is -2.22. The van der Waals surface area contributed by atoms with Crippen LogP contribution in [0.2, 0.25) is 5.02 Å². The molecule has 1 aliphatic heterocycles. The second kappa shape index (κ2) is 8.62. The molecule has 3 rings (SSSR count). The number of hydrogen-bond acceptors (Lipinski definition) is 4. The SMILES string of the molecule is O=C(O)CCCC(=O)NNC(=O)N1Cc2ccccc2Oc2ccc(Cl)cc21. The fourth-order valence-electron chi connectivity index (χ4n) is 2.73. The van der Waals surface area contributed by atoms with Crippen LogP contribution in [0.5, 0.6) is 11.5 Å². The Morgan fingerprint density at radius 1 is 1.07 bits per heavy atom. The van der Waals surface area contributed by atoms with E-state index in [4.69, 9.17) is 21.4 Å². The molecule has 1 aliphatic rings.